The van der Waals surface area contributed by atoms with Gasteiger partial charge in [0.15, 0.2) is 5.78 Å². The first-order valence-corrected chi connectivity index (χ1v) is 7.34. The smallest absolute Gasteiger partial charge is 0.294 e. The van der Waals surface area contributed by atoms with Crippen molar-refractivity contribution in [1.29, 1.82) is 0 Å². The number of Topliss-reactive ketones (excluding diaryl/α,β-unsaturated/α-hetero) is 1. The van der Waals surface area contributed by atoms with E-state index in [2.05, 4.69) is 20.8 Å². The lowest BCUT2D eigenvalue weighted by Crippen LogP contribution is -2.39. The highest BCUT2D eigenvalue weighted by Crippen LogP contribution is 2.45. The fourth-order valence-corrected chi connectivity index (χ4v) is 3.59. The van der Waals surface area contributed by atoms with Gasteiger partial charge in [-0.15, -0.1) is 0 Å². The normalized spacial score (nSPS) is 25.6. The number of carbonyl (C=O) groups is 1. The van der Waals surface area contributed by atoms with Crippen molar-refractivity contribution >= 4 is 5.78 Å². The van der Waals surface area contributed by atoms with Crippen LogP contribution in [0, 0.1) is 17.3 Å². The number of hydrogen-bond acceptors (Lipinski definition) is 1. The monoisotopic (exact) mass is 298 g/mol. The Balaban J connectivity index is 2.27. The summed E-state index contributed by atoms with van der Waals surface area (Å²) in [5, 5.41) is 0. The minimum absolute atomic E-state index is 0.0269. The molecule has 21 heavy (non-hydrogen) atoms. The van der Waals surface area contributed by atoms with Crippen LogP contribution < -0.4 is 0 Å². The highest BCUT2D eigenvalue weighted by Gasteiger charge is 2.41. The molecule has 0 bridgehead atoms. The fourth-order valence-electron chi connectivity index (χ4n) is 3.59. The molecule has 1 fully saturated rings. The number of halogens is 3. The van der Waals surface area contributed by atoms with Gasteiger partial charge < -0.3 is 0 Å². The molecule has 0 heterocycles. The quantitative estimate of drug-likeness (QED) is 0.673. The average Bonchev–Trinajstić information content (AvgIpc) is 2.36. The van der Waals surface area contributed by atoms with Gasteiger partial charge in [-0.3, -0.25) is 4.79 Å². The van der Waals surface area contributed by atoms with Gasteiger partial charge in [0.1, 0.15) is 0 Å². The second-order valence-electron chi connectivity index (χ2n) is 6.78. The topological polar surface area (TPSA) is 17.1 Å². The molecule has 0 N–H and O–H groups in total. The SMILES string of the molecule is C[C@H]1CCCC(C)(C)[C@@H]1C(=O)c1ccc(C(F)(F)F)cc1. The second kappa shape index (κ2) is 5.47. The summed E-state index contributed by atoms with van der Waals surface area (Å²) in [5.41, 5.74) is -0.429. The van der Waals surface area contributed by atoms with Crippen LogP contribution in [0.1, 0.15) is 56.0 Å². The average molecular weight is 298 g/mol. The predicted molar refractivity (Wildman–Crippen MR) is 76.1 cm³/mol. The van der Waals surface area contributed by atoms with E-state index in [1.807, 2.05) is 0 Å². The molecule has 1 aliphatic carbocycles. The second-order valence-corrected chi connectivity index (χ2v) is 6.78. The van der Waals surface area contributed by atoms with Gasteiger partial charge in [-0.2, -0.15) is 13.2 Å². The van der Waals surface area contributed by atoms with Gasteiger partial charge in [0.2, 0.25) is 0 Å². The molecule has 1 aromatic carbocycles. The minimum Gasteiger partial charge on any atom is -0.294 e. The molecule has 2 rings (SSSR count). The number of ketones is 1. The predicted octanol–water partition coefficient (Wildman–Crippen LogP) is 5.35. The van der Waals surface area contributed by atoms with Crippen LogP contribution in [0.3, 0.4) is 0 Å². The zero-order chi connectivity index (χ0) is 15.8. The van der Waals surface area contributed by atoms with E-state index in [0.717, 1.165) is 31.4 Å². The van der Waals surface area contributed by atoms with Crippen LogP contribution >= 0.6 is 0 Å². The highest BCUT2D eigenvalue weighted by atomic mass is 19.4. The van der Waals surface area contributed by atoms with Crippen LogP contribution in [0.5, 0.6) is 0 Å². The summed E-state index contributed by atoms with van der Waals surface area (Å²) in [6, 6.07) is 4.60. The van der Waals surface area contributed by atoms with Crippen molar-refractivity contribution in [3.8, 4) is 0 Å². The summed E-state index contributed by atoms with van der Waals surface area (Å²) in [7, 11) is 0. The molecule has 2 atom stereocenters. The van der Waals surface area contributed by atoms with E-state index in [-0.39, 0.29) is 23.0 Å². The summed E-state index contributed by atoms with van der Waals surface area (Å²) in [6.45, 7) is 6.22. The molecular weight excluding hydrogens is 277 g/mol. The van der Waals surface area contributed by atoms with Gasteiger partial charge in [-0.1, -0.05) is 39.3 Å². The Bertz CT molecular complexity index is 514. The van der Waals surface area contributed by atoms with Crippen molar-refractivity contribution < 1.29 is 18.0 Å². The third-order valence-electron chi connectivity index (χ3n) is 4.67. The Morgan fingerprint density at radius 3 is 2.24 bits per heavy atom. The molecule has 0 spiro atoms. The van der Waals surface area contributed by atoms with Gasteiger partial charge in [-0.25, -0.2) is 0 Å². The van der Waals surface area contributed by atoms with Gasteiger partial charge in [-0.05, 0) is 36.3 Å². The standard InChI is InChI=1S/C17H21F3O/c1-11-5-4-10-16(2,3)14(11)15(21)12-6-8-13(9-7-12)17(18,19)20/h6-9,11,14H,4-5,10H2,1-3H3/t11-,14-/m0/s1. The van der Waals surface area contributed by atoms with Gasteiger partial charge in [0, 0.05) is 11.5 Å². The van der Waals surface area contributed by atoms with Crippen molar-refractivity contribution in [1.82, 2.24) is 0 Å². The van der Waals surface area contributed by atoms with Crippen molar-refractivity contribution in [3.63, 3.8) is 0 Å². The third-order valence-corrected chi connectivity index (χ3v) is 4.67. The molecule has 4 heteroatoms. The van der Waals surface area contributed by atoms with Crippen molar-refractivity contribution in [3.05, 3.63) is 35.4 Å². The summed E-state index contributed by atoms with van der Waals surface area (Å²) in [6.07, 6.45) is -1.28. The molecule has 1 nitrogen and oxygen atoms in total. The van der Waals surface area contributed by atoms with Crippen LogP contribution in [0.25, 0.3) is 0 Å². The number of hydrogen-bond donors (Lipinski definition) is 0. The molecule has 0 saturated heterocycles. The summed E-state index contributed by atoms with van der Waals surface area (Å²) in [5.74, 6) is 0.118. The van der Waals surface area contributed by atoms with Gasteiger partial charge in [0.25, 0.3) is 0 Å². The summed E-state index contributed by atoms with van der Waals surface area (Å²) >= 11 is 0. The van der Waals surface area contributed by atoms with E-state index < -0.39 is 11.7 Å². The van der Waals surface area contributed by atoms with Crippen LogP contribution in [-0.2, 0) is 6.18 Å². The summed E-state index contributed by atoms with van der Waals surface area (Å²) < 4.78 is 37.7. The first kappa shape index (κ1) is 16.1. The van der Waals surface area contributed by atoms with Crippen molar-refractivity contribution in [2.75, 3.05) is 0 Å². The summed E-state index contributed by atoms with van der Waals surface area (Å²) in [4.78, 5) is 12.7. The lowest BCUT2D eigenvalue weighted by atomic mass is 9.62. The van der Waals surface area contributed by atoms with E-state index in [1.54, 1.807) is 0 Å². The maximum Gasteiger partial charge on any atom is 0.416 e. The van der Waals surface area contributed by atoms with Gasteiger partial charge >= 0.3 is 6.18 Å². The molecule has 0 amide bonds. The Morgan fingerprint density at radius 2 is 1.76 bits per heavy atom. The molecule has 1 saturated carbocycles. The molecule has 0 aliphatic heterocycles. The molecular formula is C17H21F3O. The van der Waals surface area contributed by atoms with Crippen LogP contribution in [-0.4, -0.2) is 5.78 Å². The van der Waals surface area contributed by atoms with E-state index in [1.165, 1.54) is 12.1 Å². The van der Waals surface area contributed by atoms with E-state index in [9.17, 15) is 18.0 Å². The third kappa shape index (κ3) is 3.30. The highest BCUT2D eigenvalue weighted by molar-refractivity contribution is 5.98. The van der Waals surface area contributed by atoms with Crippen molar-refractivity contribution in [2.45, 2.75) is 46.2 Å². The van der Waals surface area contributed by atoms with Crippen LogP contribution in [0.2, 0.25) is 0 Å². The Morgan fingerprint density at radius 1 is 1.19 bits per heavy atom. The molecule has 116 valence electrons. The Labute approximate surface area is 123 Å². The molecule has 0 unspecified atom stereocenters. The first-order valence-electron chi connectivity index (χ1n) is 7.34. The maximum atomic E-state index is 12.7. The number of rotatable bonds is 2. The zero-order valence-electron chi connectivity index (χ0n) is 12.6. The van der Waals surface area contributed by atoms with Crippen LogP contribution in [0.4, 0.5) is 13.2 Å². The number of carbonyl (C=O) groups excluding carboxylic acids is 1. The van der Waals surface area contributed by atoms with E-state index in [4.69, 9.17) is 0 Å². The molecule has 0 radical (unpaired) electrons. The molecule has 0 aromatic heterocycles. The number of benzene rings is 1. The van der Waals surface area contributed by atoms with Gasteiger partial charge in [0.05, 0.1) is 5.56 Å². The lowest BCUT2D eigenvalue weighted by molar-refractivity contribution is -0.137. The minimum atomic E-state index is -4.36. The van der Waals surface area contributed by atoms with Crippen LogP contribution in [0.15, 0.2) is 24.3 Å². The van der Waals surface area contributed by atoms with E-state index >= 15 is 0 Å². The first-order chi connectivity index (χ1) is 9.63. The molecule has 1 aromatic rings. The fraction of sp³-hybridized carbons (Fsp3) is 0.588. The number of alkyl halides is 3. The largest absolute Gasteiger partial charge is 0.416 e. The maximum absolute atomic E-state index is 12.7. The van der Waals surface area contributed by atoms with Crippen molar-refractivity contribution in [2.24, 2.45) is 17.3 Å². The Hall–Kier alpha value is -1.32. The van der Waals surface area contributed by atoms with E-state index in [0.29, 0.717) is 5.56 Å². The zero-order valence-corrected chi connectivity index (χ0v) is 12.6. The molecule has 1 aliphatic rings. The lowest BCUT2D eigenvalue weighted by Gasteiger charge is -2.42. The Kier molecular flexibility index (Phi) is 4.18.